The van der Waals surface area contributed by atoms with Crippen LogP contribution < -0.4 is 21.9 Å². The molecule has 1 aliphatic heterocycles. The maximum Gasteiger partial charge on any atom is 0.422 e. The molecule has 2 heterocycles. The summed E-state index contributed by atoms with van der Waals surface area (Å²) in [5, 5.41) is 15.9. The van der Waals surface area contributed by atoms with Crippen LogP contribution in [0.15, 0.2) is 61.5 Å². The van der Waals surface area contributed by atoms with Gasteiger partial charge in [-0.05, 0) is 42.5 Å². The van der Waals surface area contributed by atoms with Crippen molar-refractivity contribution in [2.75, 3.05) is 5.32 Å². The van der Waals surface area contributed by atoms with Crippen molar-refractivity contribution in [2.24, 2.45) is 4.99 Å². The van der Waals surface area contributed by atoms with Crippen molar-refractivity contribution in [3.05, 3.63) is 91.2 Å². The van der Waals surface area contributed by atoms with Crippen LogP contribution >= 0.6 is 0 Å². The lowest BCUT2D eigenvalue weighted by Crippen LogP contribution is -2.36. The van der Waals surface area contributed by atoms with Gasteiger partial charge in [-0.15, -0.1) is 0 Å². The number of hydrogen-bond donors (Lipinski definition) is 4. The number of nitrogens with one attached hydrogen (secondary N) is 3. The van der Waals surface area contributed by atoms with Crippen LogP contribution in [-0.4, -0.2) is 34.0 Å². The van der Waals surface area contributed by atoms with E-state index in [1.165, 1.54) is 0 Å². The first-order valence-electron chi connectivity index (χ1n) is 12.0. The van der Waals surface area contributed by atoms with E-state index in [4.69, 9.17) is 9.15 Å². The number of aromatic amines is 1. The molecule has 198 valence electrons. The van der Waals surface area contributed by atoms with Crippen LogP contribution in [0.3, 0.4) is 0 Å². The summed E-state index contributed by atoms with van der Waals surface area (Å²) in [4.78, 5) is 55.1. The van der Waals surface area contributed by atoms with Crippen molar-refractivity contribution in [1.29, 1.82) is 0 Å². The lowest BCUT2D eigenvalue weighted by molar-refractivity contribution is -0.127. The van der Waals surface area contributed by atoms with Gasteiger partial charge in [0, 0.05) is 5.69 Å². The Bertz CT molecular complexity index is 1520. The third-order valence-corrected chi connectivity index (χ3v) is 6.14. The van der Waals surface area contributed by atoms with E-state index < -0.39 is 41.2 Å². The van der Waals surface area contributed by atoms with Gasteiger partial charge in [-0.3, -0.25) is 19.4 Å². The number of aliphatic imine (C=N–C) groups is 1. The highest BCUT2D eigenvalue weighted by Gasteiger charge is 2.34. The first-order valence-corrected chi connectivity index (χ1v) is 12.0. The summed E-state index contributed by atoms with van der Waals surface area (Å²) in [6.07, 6.45) is -1.48. The zero-order valence-electron chi connectivity index (χ0n) is 21.3. The maximum absolute atomic E-state index is 12.6. The molecule has 2 aromatic carbocycles. The van der Waals surface area contributed by atoms with E-state index in [9.17, 15) is 24.3 Å². The highest BCUT2D eigenvalue weighted by molar-refractivity contribution is 6.02. The van der Waals surface area contributed by atoms with Gasteiger partial charge in [0.15, 0.2) is 6.10 Å². The second-order valence-electron chi connectivity index (χ2n) is 9.39. The zero-order valence-corrected chi connectivity index (χ0v) is 21.3. The summed E-state index contributed by atoms with van der Waals surface area (Å²) < 4.78 is 10.3. The molecule has 0 radical (unpaired) electrons. The van der Waals surface area contributed by atoms with Crippen molar-refractivity contribution in [2.45, 2.75) is 52.2 Å². The number of carbonyl (C=O) groups excluding carboxylic acids is 2. The molecule has 3 aromatic rings. The molecule has 4 rings (SSSR count). The van der Waals surface area contributed by atoms with E-state index in [0.29, 0.717) is 11.3 Å². The van der Waals surface area contributed by atoms with E-state index in [0.717, 1.165) is 16.7 Å². The van der Waals surface area contributed by atoms with E-state index in [-0.39, 0.29) is 23.9 Å². The molecule has 2 unspecified atom stereocenters. The molecule has 0 bridgehead atoms. The van der Waals surface area contributed by atoms with Crippen molar-refractivity contribution >= 4 is 23.5 Å². The summed E-state index contributed by atoms with van der Waals surface area (Å²) in [6, 6.07) is 11.4. The monoisotopic (exact) mass is 520 g/mol. The maximum atomic E-state index is 12.6. The largest absolute Gasteiger partial charge is 0.480 e. The van der Waals surface area contributed by atoms with Crippen LogP contribution in [0.1, 0.15) is 60.0 Å². The second kappa shape index (κ2) is 10.8. The number of benzene rings is 2. The van der Waals surface area contributed by atoms with Crippen molar-refractivity contribution < 1.29 is 23.8 Å². The average molecular weight is 521 g/mol. The number of hydrogen-bond acceptors (Lipinski definition) is 8. The number of ether oxygens (including phenoxy) is 1. The molecule has 38 heavy (non-hydrogen) atoms. The van der Waals surface area contributed by atoms with E-state index in [2.05, 4.69) is 15.6 Å². The Morgan fingerprint density at radius 1 is 1.08 bits per heavy atom. The topological polar surface area (TPSA) is 163 Å². The number of carbonyl (C=O) groups is 2. The molecule has 2 amide bonds. The minimum absolute atomic E-state index is 0.248. The van der Waals surface area contributed by atoms with Crippen molar-refractivity contribution in [3.8, 4) is 5.95 Å². The Labute approximate surface area is 217 Å². The Kier molecular flexibility index (Phi) is 7.47. The molecule has 0 aliphatic carbocycles. The van der Waals surface area contributed by atoms with Gasteiger partial charge in [0.2, 0.25) is 5.91 Å². The van der Waals surface area contributed by atoms with Crippen LogP contribution in [0.25, 0.3) is 0 Å². The normalized spacial score (nSPS) is 15.7. The number of nitrogens with zero attached hydrogens (tertiary/aromatic N) is 1. The Balaban J connectivity index is 1.54. The predicted octanol–water partition coefficient (Wildman–Crippen LogP) is 2.76. The standard InChI is InChI=1S/C27H28N4O7/c1-13(2)16-6-8-17(9-7-16)22(21-24(34)31-27(36)38-25(21)35)29-26-30-23(33)19(37-26)12-20(32)28-18-10-5-14(3)11-15(18)4/h5-11,13,19,22,35H,12H2,1-4H3,(H,28,32)(H,29,30,33)(H,31,34,36). The second-order valence-corrected chi connectivity index (χ2v) is 9.39. The fourth-order valence-electron chi connectivity index (χ4n) is 4.10. The number of amides is 2. The lowest BCUT2D eigenvalue weighted by Gasteiger charge is -2.20. The van der Waals surface area contributed by atoms with E-state index in [1.807, 2.05) is 56.9 Å². The fourth-order valence-corrected chi connectivity index (χ4v) is 4.10. The minimum Gasteiger partial charge on any atom is -0.480 e. The third kappa shape index (κ3) is 5.83. The quantitative estimate of drug-likeness (QED) is 0.369. The van der Waals surface area contributed by atoms with Gasteiger partial charge in [-0.25, -0.2) is 4.79 Å². The van der Waals surface area contributed by atoms with Gasteiger partial charge in [-0.1, -0.05) is 55.8 Å². The molecule has 0 spiro atoms. The summed E-state index contributed by atoms with van der Waals surface area (Å²) in [5.41, 5.74) is 2.88. The van der Waals surface area contributed by atoms with E-state index in [1.54, 1.807) is 18.2 Å². The summed E-state index contributed by atoms with van der Waals surface area (Å²) in [6.45, 7) is 7.85. The van der Waals surface area contributed by atoms with Crippen molar-refractivity contribution in [3.63, 3.8) is 0 Å². The molecule has 11 heteroatoms. The molecule has 0 fully saturated rings. The number of anilines is 1. The minimum atomic E-state index is -1.19. The van der Waals surface area contributed by atoms with Crippen LogP contribution in [0, 0.1) is 13.8 Å². The molecular formula is C27H28N4O7. The molecule has 1 aromatic heterocycles. The molecule has 4 N–H and O–H groups in total. The molecule has 2 atom stereocenters. The fraction of sp³-hybridized carbons (Fsp3) is 0.296. The summed E-state index contributed by atoms with van der Waals surface area (Å²) in [5.74, 6) is -2.89. The van der Waals surface area contributed by atoms with Gasteiger partial charge in [-0.2, -0.15) is 4.99 Å². The number of H-pyrrole nitrogens is 1. The molecule has 1 aliphatic rings. The number of amidine groups is 1. The lowest BCUT2D eigenvalue weighted by atomic mass is 9.96. The van der Waals surface area contributed by atoms with Gasteiger partial charge < -0.3 is 24.9 Å². The molecule has 0 saturated carbocycles. The molecular weight excluding hydrogens is 492 g/mol. The van der Waals surface area contributed by atoms with Crippen LogP contribution in [0.4, 0.5) is 5.69 Å². The van der Waals surface area contributed by atoms with Gasteiger partial charge in [0.25, 0.3) is 23.4 Å². The number of aryl methyl sites for hydroxylation is 2. The first kappa shape index (κ1) is 26.4. The van der Waals surface area contributed by atoms with Gasteiger partial charge in [0.1, 0.15) is 5.56 Å². The predicted molar refractivity (Wildman–Crippen MR) is 139 cm³/mol. The average Bonchev–Trinajstić information content (AvgIpc) is 3.18. The number of rotatable bonds is 7. The SMILES string of the molecule is Cc1ccc(NC(=O)CC2OC(NC(c3ccc(C(C)C)cc3)c3c(O)oc(=O)[nH]c3=O)=NC2=O)c(C)c1. The third-order valence-electron chi connectivity index (χ3n) is 6.14. The highest BCUT2D eigenvalue weighted by Crippen LogP contribution is 2.28. The molecule has 11 nitrogen and oxygen atoms in total. The van der Waals surface area contributed by atoms with Crippen LogP contribution in [0.2, 0.25) is 0 Å². The van der Waals surface area contributed by atoms with Crippen LogP contribution in [-0.2, 0) is 14.3 Å². The van der Waals surface area contributed by atoms with Gasteiger partial charge in [0.05, 0.1) is 12.5 Å². The van der Waals surface area contributed by atoms with Crippen LogP contribution in [0.5, 0.6) is 5.95 Å². The summed E-state index contributed by atoms with van der Waals surface area (Å²) >= 11 is 0. The number of aromatic nitrogens is 1. The Hall–Kier alpha value is -4.67. The zero-order chi connectivity index (χ0) is 27.6. The summed E-state index contributed by atoms with van der Waals surface area (Å²) in [7, 11) is 0. The first-order chi connectivity index (χ1) is 18.0. The smallest absolute Gasteiger partial charge is 0.422 e. The number of aromatic hydroxyl groups is 1. The highest BCUT2D eigenvalue weighted by atomic mass is 16.5. The molecule has 0 saturated heterocycles. The Morgan fingerprint density at radius 3 is 2.39 bits per heavy atom. The van der Waals surface area contributed by atoms with E-state index >= 15 is 0 Å². The van der Waals surface area contributed by atoms with Gasteiger partial charge >= 0.3 is 5.76 Å². The van der Waals surface area contributed by atoms with Crippen molar-refractivity contribution in [1.82, 2.24) is 10.3 Å². The Morgan fingerprint density at radius 2 is 1.76 bits per heavy atom.